The third-order valence-corrected chi connectivity index (χ3v) is 14.9. The summed E-state index contributed by atoms with van der Waals surface area (Å²) in [7, 11) is 1.10. The maximum absolute atomic E-state index is 13.3. The van der Waals surface area contributed by atoms with Crippen molar-refractivity contribution in [1.29, 1.82) is 0 Å². The number of benzene rings is 3. The van der Waals surface area contributed by atoms with E-state index >= 15 is 0 Å². The number of H-pyrrole nitrogens is 1. The maximum atomic E-state index is 13.3. The molecule has 1 fully saturated rings. The van der Waals surface area contributed by atoms with Crippen molar-refractivity contribution in [1.82, 2.24) is 9.55 Å². The Hall–Kier alpha value is -4.04. The van der Waals surface area contributed by atoms with Gasteiger partial charge in [0.2, 0.25) is 0 Å². The first-order valence-electron chi connectivity index (χ1n) is 17.6. The lowest BCUT2D eigenvalue weighted by molar-refractivity contribution is -0.239. The van der Waals surface area contributed by atoms with Crippen LogP contribution in [0.2, 0.25) is 18.1 Å². The molecular weight excluding hydrogens is 681 g/mol. The van der Waals surface area contributed by atoms with Crippen LogP contribution >= 0.6 is 0 Å². The minimum absolute atomic E-state index is 0.00794. The van der Waals surface area contributed by atoms with Crippen LogP contribution in [0.4, 0.5) is 0 Å². The first-order valence-corrected chi connectivity index (χ1v) is 20.5. The first kappa shape index (κ1) is 39.2. The van der Waals surface area contributed by atoms with Crippen molar-refractivity contribution in [2.45, 2.75) is 82.4 Å². The second kappa shape index (κ2) is 16.3. The van der Waals surface area contributed by atoms with E-state index in [1.165, 1.54) is 10.8 Å². The normalized spacial score (nSPS) is 19.7. The van der Waals surface area contributed by atoms with Gasteiger partial charge in [-0.25, -0.2) is 4.79 Å². The van der Waals surface area contributed by atoms with E-state index in [-0.39, 0.29) is 24.9 Å². The molecule has 0 saturated carbocycles. The standard InChI is InChI=1S/C40H52N2O9Si/c1-27-24-42(38(45)41-37(27)44)33-26-49-36(34(43)35(33)48-22-23-51-52(7,8)39(2,3)4)40(29-14-18-31(46-5)19-15-29,30-16-20-32(47-6)21-17-30)50-25-28-12-10-9-11-13-28/h9-21,24,33-36,43H,22-23,25-26H2,1-8H3,(H,41,44,45)/t33-,34+,35-,36+/m0/s1. The summed E-state index contributed by atoms with van der Waals surface area (Å²) in [6.45, 7) is 13.0. The summed E-state index contributed by atoms with van der Waals surface area (Å²) >= 11 is 0. The number of nitrogens with zero attached hydrogens (tertiary/aromatic N) is 1. The Morgan fingerprint density at radius 2 is 1.46 bits per heavy atom. The fourth-order valence-electron chi connectivity index (χ4n) is 6.32. The number of methoxy groups -OCH3 is 2. The van der Waals surface area contributed by atoms with Gasteiger partial charge in [0.25, 0.3) is 5.56 Å². The molecule has 4 atom stereocenters. The fraction of sp³-hybridized carbons (Fsp3) is 0.450. The molecule has 5 rings (SSSR count). The highest BCUT2D eigenvalue weighted by Gasteiger charge is 2.54. The molecule has 0 spiro atoms. The summed E-state index contributed by atoms with van der Waals surface area (Å²) in [5.74, 6) is 1.30. The number of ether oxygens (including phenoxy) is 5. The van der Waals surface area contributed by atoms with Crippen molar-refractivity contribution >= 4 is 8.32 Å². The average molecular weight is 733 g/mol. The van der Waals surface area contributed by atoms with Gasteiger partial charge in [0.1, 0.15) is 35.4 Å². The Labute approximate surface area is 306 Å². The third-order valence-electron chi connectivity index (χ3n) is 10.4. The average Bonchev–Trinajstić information content (AvgIpc) is 3.13. The Morgan fingerprint density at radius 3 is 2.00 bits per heavy atom. The van der Waals surface area contributed by atoms with E-state index in [1.54, 1.807) is 21.1 Å². The number of hydrogen-bond donors (Lipinski definition) is 2. The molecule has 52 heavy (non-hydrogen) atoms. The lowest BCUT2D eigenvalue weighted by atomic mass is 9.76. The lowest BCUT2D eigenvalue weighted by Gasteiger charge is -2.49. The molecule has 280 valence electrons. The quantitative estimate of drug-likeness (QED) is 0.123. The monoisotopic (exact) mass is 732 g/mol. The van der Waals surface area contributed by atoms with Crippen molar-refractivity contribution in [2.24, 2.45) is 0 Å². The van der Waals surface area contributed by atoms with Gasteiger partial charge in [-0.3, -0.25) is 14.3 Å². The molecular formula is C40H52N2O9Si. The van der Waals surface area contributed by atoms with Gasteiger partial charge in [-0.2, -0.15) is 0 Å². The van der Waals surface area contributed by atoms with Gasteiger partial charge in [-0.1, -0.05) is 75.4 Å². The number of aromatic nitrogens is 2. The molecule has 0 unspecified atom stereocenters. The highest BCUT2D eigenvalue weighted by Crippen LogP contribution is 2.45. The third kappa shape index (κ3) is 8.27. The lowest BCUT2D eigenvalue weighted by Crippen LogP contribution is -2.61. The second-order valence-corrected chi connectivity index (χ2v) is 19.5. The van der Waals surface area contributed by atoms with Crippen molar-refractivity contribution in [2.75, 3.05) is 34.0 Å². The zero-order valence-corrected chi connectivity index (χ0v) is 32.4. The number of aliphatic hydroxyl groups is 1. The van der Waals surface area contributed by atoms with Gasteiger partial charge in [-0.15, -0.1) is 0 Å². The maximum Gasteiger partial charge on any atom is 0.328 e. The zero-order chi connectivity index (χ0) is 37.7. The van der Waals surface area contributed by atoms with E-state index in [1.807, 2.05) is 78.9 Å². The fourth-order valence-corrected chi connectivity index (χ4v) is 7.35. The molecule has 0 radical (unpaired) electrons. The summed E-state index contributed by atoms with van der Waals surface area (Å²) in [6.07, 6.45) is -1.87. The van der Waals surface area contributed by atoms with Gasteiger partial charge in [0, 0.05) is 11.8 Å². The molecule has 1 aromatic heterocycles. The number of aromatic amines is 1. The van der Waals surface area contributed by atoms with Gasteiger partial charge in [0.05, 0.1) is 46.7 Å². The largest absolute Gasteiger partial charge is 0.497 e. The van der Waals surface area contributed by atoms with Gasteiger partial charge >= 0.3 is 5.69 Å². The number of aliphatic hydroxyl groups excluding tert-OH is 1. The number of nitrogens with one attached hydrogen (secondary N) is 1. The number of hydrogen-bond acceptors (Lipinski definition) is 9. The van der Waals surface area contributed by atoms with E-state index in [4.69, 9.17) is 28.1 Å². The molecule has 4 aromatic rings. The Balaban J connectivity index is 1.63. The van der Waals surface area contributed by atoms with Gasteiger partial charge < -0.3 is 33.2 Å². The molecule has 3 aromatic carbocycles. The predicted molar refractivity (Wildman–Crippen MR) is 202 cm³/mol. The molecule has 1 saturated heterocycles. The Morgan fingerprint density at radius 1 is 0.885 bits per heavy atom. The highest BCUT2D eigenvalue weighted by molar-refractivity contribution is 6.74. The van der Waals surface area contributed by atoms with Crippen LogP contribution in [0.3, 0.4) is 0 Å². The smallest absolute Gasteiger partial charge is 0.328 e. The van der Waals surface area contributed by atoms with Crippen molar-refractivity contribution in [3.63, 3.8) is 0 Å². The molecule has 0 aliphatic carbocycles. The molecule has 1 aliphatic rings. The van der Waals surface area contributed by atoms with E-state index in [2.05, 4.69) is 38.8 Å². The van der Waals surface area contributed by atoms with E-state index in [0.29, 0.717) is 34.8 Å². The summed E-state index contributed by atoms with van der Waals surface area (Å²) in [5, 5.41) is 12.6. The van der Waals surface area contributed by atoms with Crippen LogP contribution in [0, 0.1) is 6.92 Å². The van der Waals surface area contributed by atoms with E-state index < -0.39 is 49.5 Å². The van der Waals surface area contributed by atoms with Crippen LogP contribution < -0.4 is 20.7 Å². The minimum Gasteiger partial charge on any atom is -0.497 e. The van der Waals surface area contributed by atoms with Crippen LogP contribution in [0.5, 0.6) is 11.5 Å². The molecule has 2 heterocycles. The van der Waals surface area contributed by atoms with Crippen LogP contribution in [0.15, 0.2) is 94.6 Å². The number of rotatable bonds is 14. The van der Waals surface area contributed by atoms with Crippen molar-refractivity contribution < 1.29 is 33.2 Å². The Kier molecular flexibility index (Phi) is 12.3. The molecule has 11 nitrogen and oxygen atoms in total. The summed E-state index contributed by atoms with van der Waals surface area (Å²) < 4.78 is 39.1. The number of aryl methyl sites for hydroxylation is 1. The minimum atomic E-state index is -2.11. The Bertz CT molecular complexity index is 1820. The highest BCUT2D eigenvalue weighted by atomic mass is 28.4. The van der Waals surface area contributed by atoms with E-state index in [0.717, 1.165) is 5.56 Å². The van der Waals surface area contributed by atoms with Crippen LogP contribution in [-0.2, 0) is 30.8 Å². The summed E-state index contributed by atoms with van der Waals surface area (Å²) in [6, 6.07) is 23.9. The molecule has 2 N–H and O–H groups in total. The van der Waals surface area contributed by atoms with E-state index in [9.17, 15) is 14.7 Å². The SMILES string of the molecule is COc1ccc(C(OCc2ccccc2)(c2ccc(OC)cc2)[C@@H]2OC[C@H](n3cc(C)c(=O)[nH]c3=O)[C@H](OCCO[Si](C)(C)C(C)(C)C)[C@H]2O)cc1. The van der Waals surface area contributed by atoms with Crippen molar-refractivity contribution in [3.8, 4) is 11.5 Å². The first-order chi connectivity index (χ1) is 24.7. The second-order valence-electron chi connectivity index (χ2n) is 14.7. The molecule has 0 amide bonds. The van der Waals surface area contributed by atoms with Gasteiger partial charge in [0.15, 0.2) is 8.32 Å². The summed E-state index contributed by atoms with van der Waals surface area (Å²) in [4.78, 5) is 28.0. The summed E-state index contributed by atoms with van der Waals surface area (Å²) in [5.41, 5.74) is 0.158. The molecule has 0 bridgehead atoms. The molecule has 12 heteroatoms. The van der Waals surface area contributed by atoms with Crippen LogP contribution in [-0.4, -0.2) is 75.3 Å². The molecule has 1 aliphatic heterocycles. The van der Waals surface area contributed by atoms with Crippen LogP contribution in [0.1, 0.15) is 49.1 Å². The van der Waals surface area contributed by atoms with Crippen LogP contribution in [0.25, 0.3) is 0 Å². The van der Waals surface area contributed by atoms with Crippen molar-refractivity contribution in [3.05, 3.63) is 128 Å². The predicted octanol–water partition coefficient (Wildman–Crippen LogP) is 5.73. The zero-order valence-electron chi connectivity index (χ0n) is 31.4. The van der Waals surface area contributed by atoms with Gasteiger partial charge in [-0.05, 0) is 66.0 Å². The topological polar surface area (TPSA) is 130 Å².